The van der Waals surface area contributed by atoms with Crippen LogP contribution in [0.5, 0.6) is 11.5 Å². The summed E-state index contributed by atoms with van der Waals surface area (Å²) in [5.74, 6) is 1.20. The first-order valence-electron chi connectivity index (χ1n) is 6.20. The summed E-state index contributed by atoms with van der Waals surface area (Å²) in [7, 11) is 3.15. The van der Waals surface area contributed by atoms with Crippen LogP contribution in [0.1, 0.15) is 5.56 Å². The van der Waals surface area contributed by atoms with Crippen LogP contribution in [0.25, 0.3) is 0 Å². The number of anilines is 2. The van der Waals surface area contributed by atoms with Gasteiger partial charge in [0.1, 0.15) is 0 Å². The lowest BCUT2D eigenvalue weighted by atomic mass is 10.1. The lowest BCUT2D eigenvalue weighted by Crippen LogP contribution is -1.99. The summed E-state index contributed by atoms with van der Waals surface area (Å²) >= 11 is 3.40. The van der Waals surface area contributed by atoms with Gasteiger partial charge in [-0.2, -0.15) is 5.10 Å². The second-order valence-electron chi connectivity index (χ2n) is 4.22. The molecule has 0 aliphatic rings. The van der Waals surface area contributed by atoms with Gasteiger partial charge in [0.25, 0.3) is 0 Å². The van der Waals surface area contributed by atoms with E-state index in [-0.39, 0.29) is 0 Å². The van der Waals surface area contributed by atoms with E-state index in [9.17, 15) is 0 Å². The van der Waals surface area contributed by atoms with Crippen molar-refractivity contribution in [2.45, 2.75) is 0 Å². The van der Waals surface area contributed by atoms with Gasteiger partial charge in [-0.25, -0.2) is 0 Å². The van der Waals surface area contributed by atoms with E-state index in [1.807, 2.05) is 24.3 Å². The van der Waals surface area contributed by atoms with Crippen LogP contribution in [0.2, 0.25) is 0 Å². The maximum absolute atomic E-state index is 5.96. The predicted octanol–water partition coefficient (Wildman–Crippen LogP) is 3.49. The number of nitrogen functional groups attached to an aromatic ring is 1. The molecule has 0 aliphatic heterocycles. The Morgan fingerprint density at radius 2 is 1.86 bits per heavy atom. The molecule has 0 fully saturated rings. The molecule has 5 nitrogen and oxygen atoms in total. The van der Waals surface area contributed by atoms with Crippen LogP contribution in [0.4, 0.5) is 11.4 Å². The Bertz CT molecular complexity index is 659. The average molecular weight is 350 g/mol. The molecule has 0 radical (unpaired) electrons. The number of ether oxygens (including phenoxy) is 2. The maximum atomic E-state index is 5.96. The van der Waals surface area contributed by atoms with Crippen LogP contribution in [-0.4, -0.2) is 20.4 Å². The molecule has 110 valence electrons. The van der Waals surface area contributed by atoms with Gasteiger partial charge in [-0.05, 0) is 24.3 Å². The molecular weight excluding hydrogens is 334 g/mol. The zero-order valence-corrected chi connectivity index (χ0v) is 13.3. The van der Waals surface area contributed by atoms with Crippen molar-refractivity contribution in [2.24, 2.45) is 5.10 Å². The molecule has 6 heteroatoms. The SMILES string of the molecule is COc1cc(N)c(/C=N/Nc2cccc(Br)c2)cc1OC. The third-order valence-corrected chi connectivity index (χ3v) is 3.30. The van der Waals surface area contributed by atoms with Gasteiger partial charge in [0.05, 0.1) is 26.1 Å². The van der Waals surface area contributed by atoms with Crippen molar-refractivity contribution in [3.05, 3.63) is 46.4 Å². The summed E-state index contributed by atoms with van der Waals surface area (Å²) in [6.45, 7) is 0. The number of nitrogens with two attached hydrogens (primary N) is 1. The summed E-state index contributed by atoms with van der Waals surface area (Å²) in [5.41, 5.74) is 11.1. The molecule has 0 saturated carbocycles. The fourth-order valence-electron chi connectivity index (χ4n) is 1.76. The molecule has 2 rings (SSSR count). The number of rotatable bonds is 5. The fourth-order valence-corrected chi connectivity index (χ4v) is 2.16. The average Bonchev–Trinajstić information content (AvgIpc) is 2.48. The number of methoxy groups -OCH3 is 2. The molecule has 0 atom stereocenters. The summed E-state index contributed by atoms with van der Waals surface area (Å²) in [5, 5.41) is 4.17. The first-order chi connectivity index (χ1) is 10.1. The van der Waals surface area contributed by atoms with Crippen LogP contribution in [-0.2, 0) is 0 Å². The van der Waals surface area contributed by atoms with E-state index in [4.69, 9.17) is 15.2 Å². The molecule has 2 aromatic rings. The highest BCUT2D eigenvalue weighted by molar-refractivity contribution is 9.10. The number of nitrogens with zero attached hydrogens (tertiary/aromatic N) is 1. The van der Waals surface area contributed by atoms with Gasteiger partial charge in [0, 0.05) is 21.8 Å². The summed E-state index contributed by atoms with van der Waals surface area (Å²) in [4.78, 5) is 0. The molecule has 3 N–H and O–H groups in total. The van der Waals surface area contributed by atoms with Crippen LogP contribution in [0, 0.1) is 0 Å². The molecule has 0 unspecified atom stereocenters. The topological polar surface area (TPSA) is 68.9 Å². The second-order valence-corrected chi connectivity index (χ2v) is 5.13. The summed E-state index contributed by atoms with van der Waals surface area (Å²) in [6.07, 6.45) is 1.64. The smallest absolute Gasteiger partial charge is 0.162 e. The van der Waals surface area contributed by atoms with Crippen LogP contribution >= 0.6 is 15.9 Å². The predicted molar refractivity (Wildman–Crippen MR) is 89.3 cm³/mol. The fraction of sp³-hybridized carbons (Fsp3) is 0.133. The highest BCUT2D eigenvalue weighted by Crippen LogP contribution is 2.31. The van der Waals surface area contributed by atoms with E-state index in [1.165, 1.54) is 0 Å². The van der Waals surface area contributed by atoms with Crippen LogP contribution in [0.3, 0.4) is 0 Å². The van der Waals surface area contributed by atoms with Gasteiger partial charge in [-0.3, -0.25) is 5.43 Å². The molecule has 0 bridgehead atoms. The third-order valence-electron chi connectivity index (χ3n) is 2.81. The third kappa shape index (κ3) is 3.88. The van der Waals surface area contributed by atoms with E-state index >= 15 is 0 Å². The summed E-state index contributed by atoms with van der Waals surface area (Å²) < 4.78 is 11.4. The Morgan fingerprint density at radius 1 is 1.14 bits per heavy atom. The van der Waals surface area contributed by atoms with Crippen molar-refractivity contribution < 1.29 is 9.47 Å². The van der Waals surface area contributed by atoms with Crippen molar-refractivity contribution in [1.82, 2.24) is 0 Å². The quantitative estimate of drug-likeness (QED) is 0.492. The zero-order valence-electron chi connectivity index (χ0n) is 11.8. The van der Waals surface area contributed by atoms with Gasteiger partial charge < -0.3 is 15.2 Å². The van der Waals surface area contributed by atoms with Gasteiger partial charge >= 0.3 is 0 Å². The Hall–Kier alpha value is -2.21. The number of hydrazone groups is 1. The molecule has 21 heavy (non-hydrogen) atoms. The molecule has 0 aromatic heterocycles. The minimum Gasteiger partial charge on any atom is -0.493 e. The lowest BCUT2D eigenvalue weighted by Gasteiger charge is -2.10. The molecule has 2 aromatic carbocycles. The first-order valence-corrected chi connectivity index (χ1v) is 6.99. The molecule has 0 aliphatic carbocycles. The largest absolute Gasteiger partial charge is 0.493 e. The van der Waals surface area contributed by atoms with Gasteiger partial charge in [0.2, 0.25) is 0 Å². The number of hydrogen-bond donors (Lipinski definition) is 2. The maximum Gasteiger partial charge on any atom is 0.162 e. The standard InChI is InChI=1S/C15H16BrN3O2/c1-20-14-6-10(13(17)8-15(14)21-2)9-18-19-12-5-3-4-11(16)7-12/h3-9,19H,17H2,1-2H3/b18-9+. The Balaban J connectivity index is 2.17. The lowest BCUT2D eigenvalue weighted by molar-refractivity contribution is 0.355. The van der Waals surface area contributed by atoms with Crippen molar-refractivity contribution >= 4 is 33.5 Å². The Kier molecular flexibility index (Phi) is 5.05. The van der Waals surface area contributed by atoms with E-state index in [2.05, 4.69) is 26.5 Å². The van der Waals surface area contributed by atoms with Crippen molar-refractivity contribution in [1.29, 1.82) is 0 Å². The Labute approximate surface area is 131 Å². The van der Waals surface area contributed by atoms with Gasteiger partial charge in [-0.15, -0.1) is 0 Å². The monoisotopic (exact) mass is 349 g/mol. The van der Waals surface area contributed by atoms with Gasteiger partial charge in [0.15, 0.2) is 11.5 Å². The highest BCUT2D eigenvalue weighted by Gasteiger charge is 2.07. The molecular formula is C15H16BrN3O2. The number of hydrogen-bond acceptors (Lipinski definition) is 5. The van der Waals surface area contributed by atoms with E-state index in [1.54, 1.807) is 32.6 Å². The molecule has 0 saturated heterocycles. The van der Waals surface area contributed by atoms with Crippen LogP contribution < -0.4 is 20.6 Å². The van der Waals surface area contributed by atoms with E-state index in [0.29, 0.717) is 17.2 Å². The van der Waals surface area contributed by atoms with Gasteiger partial charge in [-0.1, -0.05) is 22.0 Å². The highest BCUT2D eigenvalue weighted by atomic mass is 79.9. The van der Waals surface area contributed by atoms with E-state index in [0.717, 1.165) is 15.7 Å². The normalized spacial score (nSPS) is 10.6. The van der Waals surface area contributed by atoms with Crippen LogP contribution in [0.15, 0.2) is 46.0 Å². The van der Waals surface area contributed by atoms with Crippen molar-refractivity contribution in [2.75, 3.05) is 25.4 Å². The zero-order chi connectivity index (χ0) is 15.2. The van der Waals surface area contributed by atoms with Crippen molar-refractivity contribution in [3.8, 4) is 11.5 Å². The first kappa shape index (κ1) is 15.2. The number of halogens is 1. The molecule has 0 heterocycles. The number of benzene rings is 2. The Morgan fingerprint density at radius 3 is 2.52 bits per heavy atom. The van der Waals surface area contributed by atoms with Crippen molar-refractivity contribution in [3.63, 3.8) is 0 Å². The molecule has 0 spiro atoms. The number of nitrogens with one attached hydrogen (secondary N) is 1. The minimum atomic E-state index is 0.562. The second kappa shape index (κ2) is 6.99. The summed E-state index contributed by atoms with van der Waals surface area (Å²) in [6, 6.07) is 11.2. The van der Waals surface area contributed by atoms with E-state index < -0.39 is 0 Å². The molecule has 0 amide bonds. The minimum absolute atomic E-state index is 0.562.